The van der Waals surface area contributed by atoms with E-state index in [-0.39, 0.29) is 17.7 Å². The molecule has 0 radical (unpaired) electrons. The predicted octanol–water partition coefficient (Wildman–Crippen LogP) is 3.43. The van der Waals surface area contributed by atoms with Gasteiger partial charge in [-0.1, -0.05) is 13.8 Å². The second-order valence-corrected chi connectivity index (χ2v) is 5.99. The molecule has 9 heteroatoms. The first-order chi connectivity index (χ1) is 11.9. The molecule has 0 aliphatic rings. The zero-order chi connectivity index (χ0) is 20.1. The number of hydrogen-bond donors (Lipinski definition) is 3. The Morgan fingerprint density at radius 1 is 1.08 bits per heavy atom. The monoisotopic (exact) mass is 374 g/mol. The first-order valence-corrected chi connectivity index (χ1v) is 7.96. The Labute approximate surface area is 148 Å². The molecule has 0 aliphatic carbocycles. The summed E-state index contributed by atoms with van der Waals surface area (Å²) in [6, 6.07) is 2.50. The highest BCUT2D eigenvalue weighted by atomic mass is 19.4. The predicted molar refractivity (Wildman–Crippen MR) is 88.8 cm³/mol. The Morgan fingerprint density at radius 2 is 1.65 bits per heavy atom. The maximum atomic E-state index is 13.1. The van der Waals surface area contributed by atoms with Crippen molar-refractivity contribution in [1.29, 1.82) is 0 Å². The van der Waals surface area contributed by atoms with Gasteiger partial charge in [0.05, 0.1) is 17.5 Å². The number of alkyl halides is 3. The number of nitrogens with one attached hydrogen (secondary N) is 2. The van der Waals surface area contributed by atoms with Crippen LogP contribution in [0.25, 0.3) is 0 Å². The van der Waals surface area contributed by atoms with Crippen molar-refractivity contribution in [2.75, 3.05) is 5.32 Å². The second kappa shape index (κ2) is 8.20. The maximum Gasteiger partial charge on any atom is 0.416 e. The average Bonchev–Trinajstić information content (AvgIpc) is 2.51. The van der Waals surface area contributed by atoms with E-state index in [1.54, 1.807) is 13.8 Å². The summed E-state index contributed by atoms with van der Waals surface area (Å²) in [5, 5.41) is 13.8. The Balaban J connectivity index is 3.28. The van der Waals surface area contributed by atoms with Crippen LogP contribution in [0.5, 0.6) is 0 Å². The van der Waals surface area contributed by atoms with Gasteiger partial charge in [-0.05, 0) is 31.0 Å². The number of carboxylic acid groups (broad SMARTS) is 1. The highest BCUT2D eigenvalue weighted by Crippen LogP contribution is 2.32. The summed E-state index contributed by atoms with van der Waals surface area (Å²) in [7, 11) is 0. The van der Waals surface area contributed by atoms with Gasteiger partial charge in [0.25, 0.3) is 5.91 Å². The van der Waals surface area contributed by atoms with Crippen molar-refractivity contribution in [3.05, 3.63) is 29.3 Å². The van der Waals surface area contributed by atoms with Crippen LogP contribution < -0.4 is 10.6 Å². The number of anilines is 1. The number of carboxylic acids is 1. The van der Waals surface area contributed by atoms with Crippen LogP contribution in [0.3, 0.4) is 0 Å². The quantitative estimate of drug-likeness (QED) is 0.681. The van der Waals surface area contributed by atoms with E-state index in [1.807, 2.05) is 0 Å². The summed E-state index contributed by atoms with van der Waals surface area (Å²) >= 11 is 0. The number of benzene rings is 1. The Hall–Kier alpha value is -2.58. The minimum absolute atomic E-state index is 0.172. The number of carbonyl (C=O) groups is 3. The molecule has 3 N–H and O–H groups in total. The van der Waals surface area contributed by atoms with Gasteiger partial charge in [-0.15, -0.1) is 0 Å². The molecule has 26 heavy (non-hydrogen) atoms. The second-order valence-electron chi connectivity index (χ2n) is 5.99. The van der Waals surface area contributed by atoms with E-state index in [1.165, 1.54) is 0 Å². The largest absolute Gasteiger partial charge is 0.481 e. The van der Waals surface area contributed by atoms with E-state index in [0.29, 0.717) is 18.9 Å². The van der Waals surface area contributed by atoms with Gasteiger partial charge in [-0.2, -0.15) is 13.2 Å². The molecule has 0 bridgehead atoms. The molecule has 0 fully saturated rings. The maximum absolute atomic E-state index is 13.1. The third kappa shape index (κ3) is 5.75. The molecule has 1 aromatic carbocycles. The van der Waals surface area contributed by atoms with E-state index in [4.69, 9.17) is 5.11 Å². The molecule has 2 amide bonds. The lowest BCUT2D eigenvalue weighted by Gasteiger charge is -2.31. The average molecular weight is 374 g/mol. The molecule has 0 aliphatic heterocycles. The van der Waals surface area contributed by atoms with Crippen LogP contribution in [0.2, 0.25) is 0 Å². The molecular weight excluding hydrogens is 353 g/mol. The molecule has 144 valence electrons. The van der Waals surface area contributed by atoms with Gasteiger partial charge in [-0.3, -0.25) is 14.4 Å². The summed E-state index contributed by atoms with van der Waals surface area (Å²) in [6.07, 6.45) is -4.49. The van der Waals surface area contributed by atoms with Crippen LogP contribution in [0, 0.1) is 0 Å². The smallest absolute Gasteiger partial charge is 0.416 e. The zero-order valence-corrected chi connectivity index (χ0v) is 14.7. The molecule has 6 nitrogen and oxygen atoms in total. The fourth-order valence-corrected chi connectivity index (χ4v) is 2.52. The lowest BCUT2D eigenvalue weighted by atomic mass is 9.88. The number of amides is 2. The van der Waals surface area contributed by atoms with Crippen LogP contribution in [-0.4, -0.2) is 28.4 Å². The molecule has 0 unspecified atom stereocenters. The molecule has 0 saturated carbocycles. The summed E-state index contributed by atoms with van der Waals surface area (Å²) < 4.78 is 39.2. The van der Waals surface area contributed by atoms with E-state index < -0.39 is 35.1 Å². The Kier molecular flexibility index (Phi) is 6.77. The highest BCUT2D eigenvalue weighted by molar-refractivity contribution is 5.97. The molecule has 0 saturated heterocycles. The van der Waals surface area contributed by atoms with Crippen molar-refractivity contribution >= 4 is 23.5 Å². The van der Waals surface area contributed by atoms with Gasteiger partial charge in [0, 0.05) is 18.2 Å². The third-order valence-electron chi connectivity index (χ3n) is 4.06. The number of halogens is 3. The topological polar surface area (TPSA) is 95.5 Å². The van der Waals surface area contributed by atoms with Crippen molar-refractivity contribution in [3.63, 3.8) is 0 Å². The number of hydrogen-bond acceptors (Lipinski definition) is 3. The summed E-state index contributed by atoms with van der Waals surface area (Å²) in [4.78, 5) is 34.7. The number of aliphatic carboxylic acids is 1. The standard InChI is InChI=1S/C17H21F3N2O4/c1-4-16(5-2,9-14(24)25)22-15(26)11-6-12(17(18,19)20)8-13(7-11)21-10(3)23/h6-8H,4-5,9H2,1-3H3,(H,21,23)(H,22,26)(H,24,25). The van der Waals surface area contributed by atoms with Crippen LogP contribution in [0.1, 0.15) is 56.0 Å². The van der Waals surface area contributed by atoms with Crippen LogP contribution in [0.15, 0.2) is 18.2 Å². The first-order valence-electron chi connectivity index (χ1n) is 7.96. The third-order valence-corrected chi connectivity index (χ3v) is 4.06. The lowest BCUT2D eigenvalue weighted by molar-refractivity contribution is -0.139. The normalized spacial score (nSPS) is 11.8. The highest BCUT2D eigenvalue weighted by Gasteiger charge is 2.34. The molecule has 0 heterocycles. The van der Waals surface area contributed by atoms with Crippen LogP contribution in [0.4, 0.5) is 18.9 Å². The fraction of sp³-hybridized carbons (Fsp3) is 0.471. The molecule has 0 spiro atoms. The molecule has 0 aromatic heterocycles. The van der Waals surface area contributed by atoms with Gasteiger partial charge in [-0.25, -0.2) is 0 Å². The van der Waals surface area contributed by atoms with Gasteiger partial charge >= 0.3 is 12.1 Å². The van der Waals surface area contributed by atoms with Gasteiger partial charge in [0.15, 0.2) is 0 Å². The van der Waals surface area contributed by atoms with Gasteiger partial charge < -0.3 is 15.7 Å². The minimum Gasteiger partial charge on any atom is -0.481 e. The van der Waals surface area contributed by atoms with Gasteiger partial charge in [0.2, 0.25) is 5.91 Å². The number of rotatable bonds is 7. The zero-order valence-electron chi connectivity index (χ0n) is 14.7. The fourth-order valence-electron chi connectivity index (χ4n) is 2.52. The van der Waals surface area contributed by atoms with Crippen molar-refractivity contribution in [1.82, 2.24) is 5.32 Å². The van der Waals surface area contributed by atoms with E-state index in [2.05, 4.69) is 10.6 Å². The Bertz CT molecular complexity index is 698. The van der Waals surface area contributed by atoms with Crippen LogP contribution in [-0.2, 0) is 15.8 Å². The van der Waals surface area contributed by atoms with E-state index >= 15 is 0 Å². The lowest BCUT2D eigenvalue weighted by Crippen LogP contribution is -2.49. The molecular formula is C17H21F3N2O4. The Morgan fingerprint density at radius 3 is 2.08 bits per heavy atom. The van der Waals surface area contributed by atoms with E-state index in [9.17, 15) is 27.6 Å². The molecule has 0 atom stereocenters. The van der Waals surface area contributed by atoms with Gasteiger partial charge in [0.1, 0.15) is 0 Å². The first kappa shape index (κ1) is 21.5. The minimum atomic E-state index is -4.71. The van der Waals surface area contributed by atoms with Crippen LogP contribution >= 0.6 is 0 Å². The van der Waals surface area contributed by atoms with E-state index in [0.717, 1.165) is 19.1 Å². The van der Waals surface area contributed by atoms with Crippen molar-refractivity contribution in [2.24, 2.45) is 0 Å². The summed E-state index contributed by atoms with van der Waals surface area (Å²) in [5.74, 6) is -2.55. The molecule has 1 aromatic rings. The molecule has 1 rings (SSSR count). The number of carbonyl (C=O) groups excluding carboxylic acids is 2. The summed E-state index contributed by atoms with van der Waals surface area (Å²) in [5.41, 5.74) is -2.66. The summed E-state index contributed by atoms with van der Waals surface area (Å²) in [6.45, 7) is 4.50. The van der Waals surface area contributed by atoms with Crippen molar-refractivity contribution < 1.29 is 32.7 Å². The SMILES string of the molecule is CCC(CC)(CC(=O)O)NC(=O)c1cc(NC(C)=O)cc(C(F)(F)F)c1. The van der Waals surface area contributed by atoms with Crippen molar-refractivity contribution in [2.45, 2.75) is 51.7 Å². The van der Waals surface area contributed by atoms with Crippen molar-refractivity contribution in [3.8, 4) is 0 Å².